The van der Waals surface area contributed by atoms with E-state index in [0.717, 1.165) is 37.2 Å². The summed E-state index contributed by atoms with van der Waals surface area (Å²) in [4.78, 5) is 2.21. The van der Waals surface area contributed by atoms with Crippen molar-refractivity contribution in [3.05, 3.63) is 24.3 Å². The lowest BCUT2D eigenvalue weighted by Gasteiger charge is -2.27. The summed E-state index contributed by atoms with van der Waals surface area (Å²) < 4.78 is 7.12. The maximum atomic E-state index is 10.2. The number of morpholine rings is 1. The minimum absolute atomic E-state index is 0.0580. The molecule has 1 aromatic heterocycles. The van der Waals surface area contributed by atoms with Crippen LogP contribution in [0.2, 0.25) is 0 Å². The molecule has 0 aliphatic carbocycles. The summed E-state index contributed by atoms with van der Waals surface area (Å²) >= 11 is 0. The number of rotatable bonds is 3. The maximum Gasteiger partial charge on any atom is 0.221 e. The first kappa shape index (κ1) is 12.1. The van der Waals surface area contributed by atoms with E-state index in [-0.39, 0.29) is 5.88 Å². The summed E-state index contributed by atoms with van der Waals surface area (Å²) in [7, 11) is 0. The Hall–Kier alpha value is -1.92. The van der Waals surface area contributed by atoms with E-state index in [0.29, 0.717) is 12.4 Å². The van der Waals surface area contributed by atoms with Crippen LogP contribution < -0.4 is 0 Å². The lowest BCUT2D eigenvalue weighted by molar-refractivity contribution is 0.0231. The third kappa shape index (κ3) is 2.09. The Balaban J connectivity index is 2.02. The SMILES string of the molecule is N=Nc1c(O)n(CN2CCOCC2)c2ccccc12. The van der Waals surface area contributed by atoms with Crippen LogP contribution in [0, 0.1) is 5.53 Å². The van der Waals surface area contributed by atoms with Gasteiger partial charge in [-0.3, -0.25) is 9.47 Å². The van der Waals surface area contributed by atoms with Crippen LogP contribution in [0.4, 0.5) is 5.69 Å². The molecule has 100 valence electrons. The minimum Gasteiger partial charge on any atom is -0.493 e. The van der Waals surface area contributed by atoms with E-state index in [1.165, 1.54) is 0 Å². The number of hydrogen-bond acceptors (Lipinski definition) is 5. The largest absolute Gasteiger partial charge is 0.493 e. The van der Waals surface area contributed by atoms with Crippen molar-refractivity contribution in [3.8, 4) is 5.88 Å². The molecule has 1 aliphatic heterocycles. The number of benzene rings is 1. The first-order valence-corrected chi connectivity index (χ1v) is 6.29. The highest BCUT2D eigenvalue weighted by molar-refractivity contribution is 5.94. The molecule has 6 nitrogen and oxygen atoms in total. The predicted molar refractivity (Wildman–Crippen MR) is 70.8 cm³/mol. The van der Waals surface area contributed by atoms with Gasteiger partial charge in [0, 0.05) is 18.5 Å². The predicted octanol–water partition coefficient (Wildman–Crippen LogP) is 2.30. The summed E-state index contributed by atoms with van der Waals surface area (Å²) in [6.07, 6.45) is 0. The molecule has 1 saturated heterocycles. The van der Waals surface area contributed by atoms with Crippen LogP contribution in [0.5, 0.6) is 5.88 Å². The van der Waals surface area contributed by atoms with Crippen molar-refractivity contribution >= 4 is 16.6 Å². The number of fused-ring (bicyclic) bond motifs is 1. The fourth-order valence-corrected chi connectivity index (χ4v) is 2.47. The van der Waals surface area contributed by atoms with Gasteiger partial charge in [0.1, 0.15) is 0 Å². The van der Waals surface area contributed by atoms with Gasteiger partial charge >= 0.3 is 0 Å². The van der Waals surface area contributed by atoms with Crippen LogP contribution in [0.3, 0.4) is 0 Å². The zero-order valence-corrected chi connectivity index (χ0v) is 10.5. The number of ether oxygens (including phenoxy) is 1. The van der Waals surface area contributed by atoms with Crippen LogP contribution in [-0.4, -0.2) is 40.9 Å². The van der Waals surface area contributed by atoms with E-state index in [4.69, 9.17) is 10.3 Å². The second kappa shape index (κ2) is 4.99. The van der Waals surface area contributed by atoms with Crippen LogP contribution in [0.25, 0.3) is 10.9 Å². The number of hydrogen-bond donors (Lipinski definition) is 2. The Morgan fingerprint density at radius 2 is 2.00 bits per heavy atom. The monoisotopic (exact) mass is 260 g/mol. The smallest absolute Gasteiger partial charge is 0.221 e. The number of nitrogens with one attached hydrogen (secondary N) is 1. The Kier molecular flexibility index (Phi) is 3.18. The molecule has 2 aromatic rings. The molecule has 2 heterocycles. The molecule has 6 heteroatoms. The Morgan fingerprint density at radius 3 is 2.74 bits per heavy atom. The van der Waals surface area contributed by atoms with Gasteiger partial charge in [-0.15, -0.1) is 0 Å². The molecule has 0 unspecified atom stereocenters. The van der Waals surface area contributed by atoms with Gasteiger partial charge in [-0.1, -0.05) is 18.2 Å². The molecule has 1 aliphatic rings. The summed E-state index contributed by atoms with van der Waals surface area (Å²) in [6, 6.07) is 7.61. The van der Waals surface area contributed by atoms with Crippen molar-refractivity contribution in [2.24, 2.45) is 5.11 Å². The molecule has 1 fully saturated rings. The summed E-state index contributed by atoms with van der Waals surface area (Å²) in [5.74, 6) is 0.0580. The first-order chi connectivity index (χ1) is 9.31. The van der Waals surface area contributed by atoms with Crippen LogP contribution in [-0.2, 0) is 11.4 Å². The average Bonchev–Trinajstić information content (AvgIpc) is 2.73. The van der Waals surface area contributed by atoms with Gasteiger partial charge < -0.3 is 9.84 Å². The zero-order valence-electron chi connectivity index (χ0n) is 10.5. The second-order valence-corrected chi connectivity index (χ2v) is 4.60. The number of para-hydroxylation sites is 1. The molecule has 0 spiro atoms. The van der Waals surface area contributed by atoms with E-state index < -0.39 is 0 Å². The summed E-state index contributed by atoms with van der Waals surface area (Å²) in [5, 5.41) is 14.5. The average molecular weight is 260 g/mol. The van der Waals surface area contributed by atoms with Gasteiger partial charge in [0.2, 0.25) is 5.88 Å². The van der Waals surface area contributed by atoms with Crippen molar-refractivity contribution in [1.82, 2.24) is 9.47 Å². The summed E-state index contributed by atoms with van der Waals surface area (Å²) in [5.41, 5.74) is 8.45. The number of nitrogens with zero attached hydrogens (tertiary/aromatic N) is 3. The van der Waals surface area contributed by atoms with Gasteiger partial charge in [0.15, 0.2) is 5.69 Å². The number of aromatic hydroxyl groups is 1. The molecule has 0 radical (unpaired) electrons. The van der Waals surface area contributed by atoms with Crippen LogP contribution in [0.1, 0.15) is 0 Å². The van der Waals surface area contributed by atoms with Crippen LogP contribution >= 0.6 is 0 Å². The standard InChI is InChI=1S/C13H16N4O2/c14-15-12-10-3-1-2-4-11(10)17(13(12)18)9-16-5-7-19-8-6-16/h1-4,14,18H,5-9H2. The van der Waals surface area contributed by atoms with E-state index in [2.05, 4.69) is 10.0 Å². The van der Waals surface area contributed by atoms with Gasteiger partial charge in [-0.05, 0) is 6.07 Å². The molecule has 0 amide bonds. The molecule has 1 aromatic carbocycles. The van der Waals surface area contributed by atoms with Gasteiger partial charge in [0.05, 0.1) is 25.4 Å². The topological polar surface area (TPSA) is 73.8 Å². The first-order valence-electron chi connectivity index (χ1n) is 6.29. The highest BCUT2D eigenvalue weighted by Gasteiger charge is 2.19. The van der Waals surface area contributed by atoms with Crippen LogP contribution in [0.15, 0.2) is 29.4 Å². The van der Waals surface area contributed by atoms with Crippen molar-refractivity contribution < 1.29 is 9.84 Å². The van der Waals surface area contributed by atoms with Gasteiger partial charge in [0.25, 0.3) is 0 Å². The lowest BCUT2D eigenvalue weighted by atomic mass is 10.2. The molecule has 0 saturated carbocycles. The van der Waals surface area contributed by atoms with E-state index in [9.17, 15) is 5.11 Å². The fourth-order valence-electron chi connectivity index (χ4n) is 2.47. The Labute approximate surface area is 110 Å². The third-order valence-corrected chi connectivity index (χ3v) is 3.47. The van der Waals surface area contributed by atoms with Crippen molar-refractivity contribution in [3.63, 3.8) is 0 Å². The molecular weight excluding hydrogens is 244 g/mol. The highest BCUT2D eigenvalue weighted by atomic mass is 16.5. The van der Waals surface area contributed by atoms with Crippen molar-refractivity contribution in [1.29, 1.82) is 5.53 Å². The third-order valence-electron chi connectivity index (χ3n) is 3.47. The Bertz CT molecular complexity index is 602. The van der Waals surface area contributed by atoms with Gasteiger partial charge in [-0.25, -0.2) is 5.53 Å². The normalized spacial score (nSPS) is 16.8. The molecule has 2 N–H and O–H groups in total. The summed E-state index contributed by atoms with van der Waals surface area (Å²) in [6.45, 7) is 3.72. The molecule has 0 atom stereocenters. The van der Waals surface area contributed by atoms with Crippen molar-refractivity contribution in [2.45, 2.75) is 6.67 Å². The molecule has 3 rings (SSSR count). The quantitative estimate of drug-likeness (QED) is 0.831. The van der Waals surface area contributed by atoms with E-state index in [1.54, 1.807) is 4.57 Å². The maximum absolute atomic E-state index is 10.2. The van der Waals surface area contributed by atoms with Crippen molar-refractivity contribution in [2.75, 3.05) is 26.3 Å². The number of aromatic nitrogens is 1. The highest BCUT2D eigenvalue weighted by Crippen LogP contribution is 2.38. The molecule has 19 heavy (non-hydrogen) atoms. The lowest BCUT2D eigenvalue weighted by Crippen LogP contribution is -2.37. The molecule has 0 bridgehead atoms. The fraction of sp³-hybridized carbons (Fsp3) is 0.385. The minimum atomic E-state index is 0.0580. The second-order valence-electron chi connectivity index (χ2n) is 4.60. The molecular formula is C13H16N4O2. The van der Waals surface area contributed by atoms with Gasteiger partial charge in [-0.2, -0.15) is 5.11 Å². The Morgan fingerprint density at radius 1 is 1.26 bits per heavy atom. The van der Waals surface area contributed by atoms with E-state index in [1.807, 2.05) is 24.3 Å². The zero-order chi connectivity index (χ0) is 13.2. The van der Waals surface area contributed by atoms with E-state index >= 15 is 0 Å².